The molecule has 0 radical (unpaired) electrons. The number of alkyl halides is 2. The highest BCUT2D eigenvalue weighted by Gasteiger charge is 2.11. The van der Waals surface area contributed by atoms with Crippen molar-refractivity contribution in [2.75, 3.05) is 12.4 Å². The van der Waals surface area contributed by atoms with Gasteiger partial charge in [-0.3, -0.25) is 4.79 Å². The van der Waals surface area contributed by atoms with E-state index in [1.165, 1.54) is 25.3 Å². The summed E-state index contributed by atoms with van der Waals surface area (Å²) in [7, 11) is 1.35. The van der Waals surface area contributed by atoms with Crippen LogP contribution in [-0.2, 0) is 11.3 Å². The molecule has 0 saturated heterocycles. The van der Waals surface area contributed by atoms with Gasteiger partial charge >= 0.3 is 6.61 Å². The maximum atomic E-state index is 12.4. The van der Waals surface area contributed by atoms with Crippen LogP contribution in [0.5, 0.6) is 11.5 Å². The Morgan fingerprint density at radius 3 is 2.63 bits per heavy atom. The summed E-state index contributed by atoms with van der Waals surface area (Å²) in [6, 6.07) is 16.0. The van der Waals surface area contributed by atoms with E-state index in [4.69, 9.17) is 4.74 Å². The quantitative estimate of drug-likeness (QED) is 0.552. The zero-order valence-corrected chi connectivity index (χ0v) is 16.5. The Kier molecular flexibility index (Phi) is 6.79. The number of hydrogen-bond donors (Lipinski definition) is 1. The first kappa shape index (κ1) is 21.0. The number of halogens is 2. The fourth-order valence-electron chi connectivity index (χ4n) is 2.84. The molecule has 0 atom stereocenters. The van der Waals surface area contributed by atoms with Crippen LogP contribution in [0.25, 0.3) is 6.08 Å². The number of ether oxygens (including phenoxy) is 2. The molecule has 0 aliphatic carbocycles. The van der Waals surface area contributed by atoms with Crippen LogP contribution in [0.15, 0.2) is 60.7 Å². The summed E-state index contributed by atoms with van der Waals surface area (Å²) in [4.78, 5) is 12.4. The van der Waals surface area contributed by atoms with E-state index in [9.17, 15) is 13.6 Å². The van der Waals surface area contributed by atoms with E-state index in [2.05, 4.69) is 15.2 Å². The molecular formula is C22H21F2N3O3. The third-order valence-electron chi connectivity index (χ3n) is 4.16. The molecule has 1 heterocycles. The highest BCUT2D eigenvalue weighted by Crippen LogP contribution is 2.29. The lowest BCUT2D eigenvalue weighted by molar-refractivity contribution is -0.111. The van der Waals surface area contributed by atoms with Crippen LogP contribution < -0.4 is 14.8 Å². The smallest absolute Gasteiger partial charge is 0.387 e. The average Bonchev–Trinajstić information content (AvgIpc) is 3.06. The first-order valence-electron chi connectivity index (χ1n) is 9.15. The number of aromatic nitrogens is 2. The number of nitrogens with one attached hydrogen (secondary N) is 1. The Balaban J connectivity index is 1.69. The second-order valence-corrected chi connectivity index (χ2v) is 6.43. The zero-order chi connectivity index (χ0) is 21.5. The second-order valence-electron chi connectivity index (χ2n) is 6.43. The Labute approximate surface area is 172 Å². The molecular weight excluding hydrogens is 392 g/mol. The molecule has 8 heteroatoms. The van der Waals surface area contributed by atoms with Crippen LogP contribution in [0.2, 0.25) is 0 Å². The van der Waals surface area contributed by atoms with E-state index in [0.717, 1.165) is 11.3 Å². The number of rotatable bonds is 8. The molecule has 0 aliphatic rings. The minimum absolute atomic E-state index is 0.0746. The van der Waals surface area contributed by atoms with Crippen molar-refractivity contribution in [3.8, 4) is 11.5 Å². The van der Waals surface area contributed by atoms with Crippen LogP contribution in [0.1, 0.15) is 16.8 Å². The van der Waals surface area contributed by atoms with E-state index in [1.54, 1.807) is 22.9 Å². The number of carbonyl (C=O) groups excluding carboxylic acids is 1. The molecule has 30 heavy (non-hydrogen) atoms. The molecule has 0 spiro atoms. The Morgan fingerprint density at radius 1 is 1.17 bits per heavy atom. The highest BCUT2D eigenvalue weighted by atomic mass is 19.3. The lowest BCUT2D eigenvalue weighted by Crippen LogP contribution is -2.13. The van der Waals surface area contributed by atoms with Crippen molar-refractivity contribution in [3.05, 3.63) is 77.5 Å². The van der Waals surface area contributed by atoms with Crippen LogP contribution in [-0.4, -0.2) is 29.4 Å². The van der Waals surface area contributed by atoms with E-state index >= 15 is 0 Å². The third kappa shape index (κ3) is 5.66. The number of anilines is 1. The summed E-state index contributed by atoms with van der Waals surface area (Å²) < 4.78 is 36.0. The summed E-state index contributed by atoms with van der Waals surface area (Å²) in [5, 5.41) is 7.23. The molecule has 2 aromatic carbocycles. The SMILES string of the molecule is COc1cc(C=CC(=O)Nc2cc(C)nn2Cc2ccccc2)ccc1OC(F)F. The van der Waals surface area contributed by atoms with Gasteiger partial charge in [0.15, 0.2) is 11.5 Å². The number of hydrogen-bond acceptors (Lipinski definition) is 4. The number of benzene rings is 2. The standard InChI is InChI=1S/C22H21F2N3O3/c1-15-12-20(27(26-15)14-17-6-4-3-5-7-17)25-21(28)11-9-16-8-10-18(30-22(23)24)19(13-16)29-2/h3-13,22H,14H2,1-2H3,(H,25,28). The van der Waals surface area contributed by atoms with Crippen molar-refractivity contribution in [2.24, 2.45) is 0 Å². The maximum Gasteiger partial charge on any atom is 0.387 e. The van der Waals surface area contributed by atoms with Gasteiger partial charge in [0.05, 0.1) is 19.3 Å². The molecule has 0 unspecified atom stereocenters. The molecule has 1 aromatic heterocycles. The molecule has 3 aromatic rings. The number of methoxy groups -OCH3 is 1. The van der Waals surface area contributed by atoms with E-state index < -0.39 is 6.61 Å². The van der Waals surface area contributed by atoms with Crippen molar-refractivity contribution in [3.63, 3.8) is 0 Å². The van der Waals surface area contributed by atoms with Gasteiger partial charge < -0.3 is 14.8 Å². The van der Waals surface area contributed by atoms with E-state index in [0.29, 0.717) is 17.9 Å². The van der Waals surface area contributed by atoms with Crippen molar-refractivity contribution < 1.29 is 23.0 Å². The Morgan fingerprint density at radius 2 is 1.93 bits per heavy atom. The molecule has 6 nitrogen and oxygen atoms in total. The third-order valence-corrected chi connectivity index (χ3v) is 4.16. The van der Waals surface area contributed by atoms with Crippen molar-refractivity contribution in [2.45, 2.75) is 20.1 Å². The summed E-state index contributed by atoms with van der Waals surface area (Å²) in [6.45, 7) is -0.575. The lowest BCUT2D eigenvalue weighted by atomic mass is 10.2. The maximum absolute atomic E-state index is 12.4. The summed E-state index contributed by atoms with van der Waals surface area (Å²) >= 11 is 0. The zero-order valence-electron chi connectivity index (χ0n) is 16.5. The molecule has 1 amide bonds. The predicted octanol–water partition coefficient (Wildman–Crippen LogP) is 4.50. The number of carbonyl (C=O) groups is 1. The van der Waals surface area contributed by atoms with Gasteiger partial charge in [0.1, 0.15) is 5.82 Å². The van der Waals surface area contributed by atoms with Crippen molar-refractivity contribution in [1.29, 1.82) is 0 Å². The van der Waals surface area contributed by atoms with Crippen LogP contribution in [0.3, 0.4) is 0 Å². The second kappa shape index (κ2) is 9.69. The summed E-state index contributed by atoms with van der Waals surface area (Å²) in [5.74, 6) is 0.296. The number of amides is 1. The molecule has 0 aliphatic heterocycles. The van der Waals surface area contributed by atoms with Crippen molar-refractivity contribution in [1.82, 2.24) is 9.78 Å². The molecule has 0 fully saturated rings. The van der Waals surface area contributed by atoms with E-state index in [1.807, 2.05) is 37.3 Å². The van der Waals surface area contributed by atoms with E-state index in [-0.39, 0.29) is 17.4 Å². The largest absolute Gasteiger partial charge is 0.493 e. The Hall–Kier alpha value is -3.68. The minimum Gasteiger partial charge on any atom is -0.493 e. The molecule has 0 saturated carbocycles. The van der Waals surface area contributed by atoms with Gasteiger partial charge in [0.25, 0.3) is 0 Å². The van der Waals surface area contributed by atoms with Gasteiger partial charge in [0, 0.05) is 12.1 Å². The van der Waals surface area contributed by atoms with Gasteiger partial charge in [-0.15, -0.1) is 0 Å². The lowest BCUT2D eigenvalue weighted by Gasteiger charge is -2.10. The molecule has 0 bridgehead atoms. The van der Waals surface area contributed by atoms with Crippen LogP contribution >= 0.6 is 0 Å². The topological polar surface area (TPSA) is 65.4 Å². The first-order valence-corrected chi connectivity index (χ1v) is 9.15. The predicted molar refractivity (Wildman–Crippen MR) is 110 cm³/mol. The monoisotopic (exact) mass is 413 g/mol. The normalized spacial score (nSPS) is 11.1. The average molecular weight is 413 g/mol. The molecule has 156 valence electrons. The van der Waals surface area contributed by atoms with Gasteiger partial charge in [-0.1, -0.05) is 36.4 Å². The van der Waals surface area contributed by atoms with Crippen LogP contribution in [0, 0.1) is 6.92 Å². The molecule has 1 N–H and O–H groups in total. The number of aryl methyl sites for hydroxylation is 1. The van der Waals surface area contributed by atoms with Gasteiger partial charge in [-0.2, -0.15) is 13.9 Å². The highest BCUT2D eigenvalue weighted by molar-refractivity contribution is 6.01. The summed E-state index contributed by atoms with van der Waals surface area (Å²) in [6.07, 6.45) is 2.90. The fourth-order valence-corrected chi connectivity index (χ4v) is 2.84. The van der Waals surface area contributed by atoms with Gasteiger partial charge in [0.2, 0.25) is 5.91 Å². The van der Waals surface area contributed by atoms with Crippen molar-refractivity contribution >= 4 is 17.8 Å². The van der Waals surface area contributed by atoms with Crippen LogP contribution in [0.4, 0.5) is 14.6 Å². The minimum atomic E-state index is -2.95. The Bertz CT molecular complexity index is 1030. The fraction of sp³-hybridized carbons (Fsp3) is 0.182. The van der Waals surface area contributed by atoms with Gasteiger partial charge in [-0.25, -0.2) is 4.68 Å². The van der Waals surface area contributed by atoms with Gasteiger partial charge in [-0.05, 0) is 36.3 Å². The number of nitrogens with zero attached hydrogens (tertiary/aromatic N) is 2. The first-order chi connectivity index (χ1) is 14.4. The molecule has 3 rings (SSSR count). The summed E-state index contributed by atoms with van der Waals surface area (Å²) in [5.41, 5.74) is 2.44.